The molecule has 0 bridgehead atoms. The van der Waals surface area contributed by atoms with E-state index >= 15 is 0 Å². The number of hydrogen-bond donors (Lipinski definition) is 0. The van der Waals surface area contributed by atoms with Crippen molar-refractivity contribution in [1.29, 1.82) is 0 Å². The monoisotopic (exact) mass is 302 g/mol. The maximum atomic E-state index is 8.52. The van der Waals surface area contributed by atoms with Crippen LogP contribution in [-0.2, 0) is 55.9 Å². The maximum absolute atomic E-state index is 8.52. The molecule has 0 aromatic rings. The van der Waals surface area contributed by atoms with Gasteiger partial charge in [0.05, 0.1) is 0 Å². The minimum absolute atomic E-state index is 0. The van der Waals surface area contributed by atoms with E-state index in [1.807, 2.05) is 0 Å². The summed E-state index contributed by atoms with van der Waals surface area (Å²) in [7, 11) is -5.17. The summed E-state index contributed by atoms with van der Waals surface area (Å²) in [5.41, 5.74) is 0. The van der Waals surface area contributed by atoms with Gasteiger partial charge in [-0.3, -0.25) is 12.6 Å². The van der Waals surface area contributed by atoms with Gasteiger partial charge in [0.25, 0.3) is 0 Å². The average molecular weight is 303 g/mol. The predicted molar refractivity (Wildman–Crippen MR) is 20.2 cm³/mol. The Hall–Kier alpha value is 0.979. The fraction of sp³-hybridized carbons (Fsp3) is 0. The zero-order valence-electron chi connectivity index (χ0n) is 4.28. The maximum Gasteiger partial charge on any atom is 1.00 e. The molecular weight excluding hydrogens is 303 g/mol. The molecule has 0 aromatic carbocycles. The van der Waals surface area contributed by atoms with E-state index in [-0.39, 0.29) is 34.1 Å². The van der Waals surface area contributed by atoms with Gasteiger partial charge < -0.3 is 18.2 Å². The van der Waals surface area contributed by atoms with E-state index in [1.54, 1.807) is 0 Å². The van der Waals surface area contributed by atoms with E-state index in [0.717, 1.165) is 0 Å². The van der Waals surface area contributed by atoms with Crippen LogP contribution < -0.4 is 0 Å². The molecule has 0 heterocycles. The molecule has 0 aromatic heterocycles. The van der Waals surface area contributed by atoms with Crippen LogP contribution in [0.2, 0.25) is 0 Å². The largest absolute Gasteiger partial charge is 1.00 e. The van der Waals surface area contributed by atoms with Gasteiger partial charge in [-0.05, 0) is 0 Å². The predicted octanol–water partition coefficient (Wildman–Crippen LogP) is -2.35. The number of hydrogen-bond acceptors (Lipinski definition) is 7. The van der Waals surface area contributed by atoms with Crippen LogP contribution in [0, 0.1) is 0 Å². The van der Waals surface area contributed by atoms with Crippen LogP contribution in [-0.4, -0.2) is 30.8 Å². The molecule has 0 N–H and O–H groups in total. The van der Waals surface area contributed by atoms with Crippen molar-refractivity contribution in [2.45, 2.75) is 0 Å². The quantitative estimate of drug-likeness (QED) is 0.211. The Balaban J connectivity index is -0.0000000383. The minimum Gasteiger partial charge on any atom is -0.784 e. The summed E-state index contributed by atoms with van der Waals surface area (Å²) in [6.45, 7) is 0. The standard InChI is InChI=1S/2Cu.H2O4S.H2O3S/c;;1-5(2,3)4;1-4(2)3/h;;(H2,1,2,3,4);(H2,1,2,3)/q2*+1;;/p-4. The molecule has 0 unspecified atom stereocenters. The molecule has 0 radical (unpaired) electrons. The van der Waals surface area contributed by atoms with Crippen LogP contribution in [0.4, 0.5) is 0 Å². The second-order valence-corrected chi connectivity index (χ2v) is 1.84. The molecular formula is Cu2O7S2-2. The first-order valence-electron chi connectivity index (χ1n) is 1.17. The molecule has 0 saturated carbocycles. The van der Waals surface area contributed by atoms with Crippen molar-refractivity contribution < 1.29 is 65.0 Å². The summed E-state index contributed by atoms with van der Waals surface area (Å²) in [6.07, 6.45) is 0. The Morgan fingerprint density at radius 3 is 1.00 bits per heavy atom. The first kappa shape index (κ1) is 22.7. The van der Waals surface area contributed by atoms with E-state index in [4.69, 9.17) is 30.8 Å². The van der Waals surface area contributed by atoms with Crippen LogP contribution in [0.3, 0.4) is 0 Å². The first-order chi connectivity index (χ1) is 3.73. The summed E-state index contributed by atoms with van der Waals surface area (Å²) < 4.78 is 59.4. The molecule has 11 heteroatoms. The van der Waals surface area contributed by atoms with Crippen molar-refractivity contribution in [1.82, 2.24) is 0 Å². The fourth-order valence-corrected chi connectivity index (χ4v) is 0. The van der Waals surface area contributed by atoms with Gasteiger partial charge in [0.2, 0.25) is 0 Å². The van der Waals surface area contributed by atoms with Gasteiger partial charge in [0.15, 0.2) is 0 Å². The second kappa shape index (κ2) is 11.0. The smallest absolute Gasteiger partial charge is 0.784 e. The molecule has 0 fully saturated rings. The summed E-state index contributed by atoms with van der Waals surface area (Å²) in [4.78, 5) is 0. The van der Waals surface area contributed by atoms with E-state index in [1.165, 1.54) is 0 Å². The SMILES string of the molecule is O=S(=O)([O-])[O-].O=S([O-])[O-].[Cu+].[Cu+]. The minimum atomic E-state index is -5.17. The fourth-order valence-electron chi connectivity index (χ4n) is 0. The molecule has 0 rings (SSSR count). The Morgan fingerprint density at radius 1 is 1.00 bits per heavy atom. The topological polar surface area (TPSA) is 143 Å². The molecule has 0 saturated heterocycles. The normalized spacial score (nSPS) is 8.45. The van der Waals surface area contributed by atoms with Crippen LogP contribution in [0.15, 0.2) is 0 Å². The third-order valence-corrected chi connectivity index (χ3v) is 0. The van der Waals surface area contributed by atoms with E-state index < -0.39 is 21.8 Å². The third kappa shape index (κ3) is 924. The first-order valence-corrected chi connectivity index (χ1v) is 3.50. The van der Waals surface area contributed by atoms with Gasteiger partial charge in [-0.15, -0.1) is 11.4 Å². The Bertz CT molecular complexity index is 157. The second-order valence-electron chi connectivity index (χ2n) is 0.612. The van der Waals surface area contributed by atoms with E-state index in [9.17, 15) is 0 Å². The van der Waals surface area contributed by atoms with E-state index in [2.05, 4.69) is 0 Å². The molecule has 0 aliphatic rings. The van der Waals surface area contributed by atoms with Crippen LogP contribution >= 0.6 is 0 Å². The van der Waals surface area contributed by atoms with E-state index in [0.29, 0.717) is 0 Å². The summed E-state index contributed by atoms with van der Waals surface area (Å²) in [6, 6.07) is 0. The molecule has 0 amide bonds. The molecule has 78 valence electrons. The average Bonchev–Trinajstić information content (AvgIpc) is 1.19. The Labute approximate surface area is 86.6 Å². The molecule has 7 nitrogen and oxygen atoms in total. The van der Waals surface area contributed by atoms with Gasteiger partial charge in [-0.2, -0.15) is 0 Å². The van der Waals surface area contributed by atoms with Crippen LogP contribution in [0.1, 0.15) is 0 Å². The van der Waals surface area contributed by atoms with Crippen molar-refractivity contribution in [3.63, 3.8) is 0 Å². The van der Waals surface area contributed by atoms with Crippen molar-refractivity contribution in [2.24, 2.45) is 0 Å². The van der Waals surface area contributed by atoms with Gasteiger partial charge in [0.1, 0.15) is 0 Å². The molecule has 11 heavy (non-hydrogen) atoms. The Kier molecular flexibility index (Phi) is 22.6. The van der Waals surface area contributed by atoms with Crippen molar-refractivity contribution >= 4 is 21.8 Å². The van der Waals surface area contributed by atoms with Crippen molar-refractivity contribution in [3.8, 4) is 0 Å². The van der Waals surface area contributed by atoms with Gasteiger partial charge in [-0.1, -0.05) is 0 Å². The summed E-state index contributed by atoms with van der Waals surface area (Å²) in [5.74, 6) is 0. The van der Waals surface area contributed by atoms with Crippen LogP contribution in [0.5, 0.6) is 0 Å². The van der Waals surface area contributed by atoms with Gasteiger partial charge in [0, 0.05) is 10.4 Å². The summed E-state index contributed by atoms with van der Waals surface area (Å²) >= 11 is -3.11. The van der Waals surface area contributed by atoms with Gasteiger partial charge in [-0.25, -0.2) is 0 Å². The molecule has 0 aliphatic carbocycles. The van der Waals surface area contributed by atoms with Crippen molar-refractivity contribution in [2.75, 3.05) is 0 Å². The molecule has 0 atom stereocenters. The molecule has 0 aliphatic heterocycles. The molecule has 0 spiro atoms. The van der Waals surface area contributed by atoms with Gasteiger partial charge >= 0.3 is 34.1 Å². The van der Waals surface area contributed by atoms with Crippen molar-refractivity contribution in [3.05, 3.63) is 0 Å². The Morgan fingerprint density at radius 2 is 1.00 bits per heavy atom. The summed E-state index contributed by atoms with van der Waals surface area (Å²) in [5, 5.41) is 0. The zero-order valence-corrected chi connectivity index (χ0v) is 7.79. The number of rotatable bonds is 0. The van der Waals surface area contributed by atoms with Crippen LogP contribution in [0.25, 0.3) is 0 Å². The third-order valence-electron chi connectivity index (χ3n) is 0. The zero-order chi connectivity index (χ0) is 8.08.